The summed E-state index contributed by atoms with van der Waals surface area (Å²) in [5.41, 5.74) is 0.661. The molecule has 0 aliphatic rings. The predicted octanol–water partition coefficient (Wildman–Crippen LogP) is 3.44. The van der Waals surface area contributed by atoms with Gasteiger partial charge in [0.05, 0.1) is 12.3 Å². The van der Waals surface area contributed by atoms with Gasteiger partial charge in [-0.3, -0.25) is 4.99 Å². The number of halogens is 1. The Morgan fingerprint density at radius 2 is 2.06 bits per heavy atom. The second kappa shape index (κ2) is 6.81. The number of aliphatic hydroxyl groups is 1. The Labute approximate surface area is 111 Å². The zero-order valence-corrected chi connectivity index (χ0v) is 10.9. The standard InChI is InChI=1S/C13H14ClNO3/c1-3-18-13(17)12(9(2)16)8-15-11-6-4-10(14)5-7-11/h4-8,16H,3H2,1-2H3/b12-9+,15-8?. The monoisotopic (exact) mass is 267 g/mol. The molecule has 4 nitrogen and oxygen atoms in total. The van der Waals surface area contributed by atoms with Crippen molar-refractivity contribution in [3.05, 3.63) is 40.6 Å². The second-order valence-corrected chi connectivity index (χ2v) is 3.89. The van der Waals surface area contributed by atoms with Crippen LogP contribution in [0.1, 0.15) is 13.8 Å². The maximum Gasteiger partial charge on any atom is 0.343 e. The van der Waals surface area contributed by atoms with Gasteiger partial charge in [0, 0.05) is 11.2 Å². The van der Waals surface area contributed by atoms with Crippen LogP contribution in [-0.2, 0) is 9.53 Å². The van der Waals surface area contributed by atoms with Crippen LogP contribution in [0.3, 0.4) is 0 Å². The number of aliphatic hydroxyl groups excluding tert-OH is 1. The van der Waals surface area contributed by atoms with E-state index in [0.29, 0.717) is 10.7 Å². The minimum atomic E-state index is -0.602. The van der Waals surface area contributed by atoms with Gasteiger partial charge in [-0.05, 0) is 38.1 Å². The van der Waals surface area contributed by atoms with Gasteiger partial charge in [0.25, 0.3) is 0 Å². The van der Waals surface area contributed by atoms with Crippen LogP contribution in [-0.4, -0.2) is 23.9 Å². The molecule has 0 saturated carbocycles. The van der Waals surface area contributed by atoms with Crippen molar-refractivity contribution in [1.29, 1.82) is 0 Å². The highest BCUT2D eigenvalue weighted by molar-refractivity contribution is 6.30. The third-order valence-electron chi connectivity index (χ3n) is 2.05. The Bertz CT molecular complexity index is 474. The van der Waals surface area contributed by atoms with Crippen LogP contribution in [0.25, 0.3) is 0 Å². The molecular formula is C13H14ClNO3. The van der Waals surface area contributed by atoms with Crippen molar-refractivity contribution in [2.24, 2.45) is 4.99 Å². The van der Waals surface area contributed by atoms with Gasteiger partial charge in [-0.15, -0.1) is 0 Å². The quantitative estimate of drug-likeness (QED) is 0.393. The van der Waals surface area contributed by atoms with Crippen molar-refractivity contribution < 1.29 is 14.6 Å². The highest BCUT2D eigenvalue weighted by Crippen LogP contribution is 2.16. The average Bonchev–Trinajstić information content (AvgIpc) is 2.31. The van der Waals surface area contributed by atoms with E-state index in [4.69, 9.17) is 16.3 Å². The number of hydrogen-bond acceptors (Lipinski definition) is 4. The molecule has 0 spiro atoms. The third-order valence-corrected chi connectivity index (χ3v) is 2.31. The number of benzene rings is 1. The maximum atomic E-state index is 11.5. The van der Waals surface area contributed by atoms with E-state index in [2.05, 4.69) is 4.99 Å². The number of hydrogen-bond donors (Lipinski definition) is 1. The molecule has 18 heavy (non-hydrogen) atoms. The van der Waals surface area contributed by atoms with Gasteiger partial charge < -0.3 is 9.84 Å². The van der Waals surface area contributed by atoms with Gasteiger partial charge in [0.2, 0.25) is 0 Å². The summed E-state index contributed by atoms with van der Waals surface area (Å²) in [7, 11) is 0. The van der Waals surface area contributed by atoms with Crippen molar-refractivity contribution in [1.82, 2.24) is 0 Å². The molecule has 1 aromatic rings. The summed E-state index contributed by atoms with van der Waals surface area (Å²) in [6.07, 6.45) is 1.27. The first kappa shape index (κ1) is 14.3. The SMILES string of the molecule is CCOC(=O)/C(C=Nc1ccc(Cl)cc1)=C(\C)O. The first-order valence-corrected chi connectivity index (χ1v) is 5.79. The smallest absolute Gasteiger partial charge is 0.343 e. The van der Waals surface area contributed by atoms with Crippen LogP contribution in [0.15, 0.2) is 40.6 Å². The van der Waals surface area contributed by atoms with Crippen LogP contribution in [0.2, 0.25) is 5.02 Å². The number of rotatable bonds is 4. The molecular weight excluding hydrogens is 254 g/mol. The van der Waals surface area contributed by atoms with E-state index < -0.39 is 5.97 Å². The summed E-state index contributed by atoms with van der Waals surface area (Å²) in [5, 5.41) is 10.0. The van der Waals surface area contributed by atoms with Crippen LogP contribution in [0, 0.1) is 0 Å². The molecule has 0 bridgehead atoms. The lowest BCUT2D eigenvalue weighted by Crippen LogP contribution is -2.10. The molecule has 0 radical (unpaired) electrons. The fourth-order valence-electron chi connectivity index (χ4n) is 1.17. The molecule has 1 rings (SSSR count). The molecule has 0 aliphatic heterocycles. The van der Waals surface area contributed by atoms with E-state index in [0.717, 1.165) is 0 Å². The minimum Gasteiger partial charge on any atom is -0.512 e. The fourth-order valence-corrected chi connectivity index (χ4v) is 1.29. The van der Waals surface area contributed by atoms with Crippen molar-refractivity contribution >= 4 is 29.5 Å². The minimum absolute atomic E-state index is 0.0341. The number of ether oxygens (including phenoxy) is 1. The predicted molar refractivity (Wildman–Crippen MR) is 71.6 cm³/mol. The second-order valence-electron chi connectivity index (χ2n) is 3.45. The van der Waals surface area contributed by atoms with Gasteiger partial charge >= 0.3 is 5.97 Å². The van der Waals surface area contributed by atoms with Gasteiger partial charge in [0.15, 0.2) is 0 Å². The van der Waals surface area contributed by atoms with Crippen LogP contribution < -0.4 is 0 Å². The molecule has 0 fully saturated rings. The lowest BCUT2D eigenvalue weighted by Gasteiger charge is -2.03. The zero-order valence-electron chi connectivity index (χ0n) is 10.2. The van der Waals surface area contributed by atoms with E-state index in [1.807, 2.05) is 0 Å². The number of nitrogens with zero attached hydrogens (tertiary/aromatic N) is 1. The zero-order chi connectivity index (χ0) is 13.5. The van der Waals surface area contributed by atoms with Gasteiger partial charge in [0.1, 0.15) is 11.3 Å². The lowest BCUT2D eigenvalue weighted by molar-refractivity contribution is -0.138. The van der Waals surface area contributed by atoms with Gasteiger partial charge in [-0.25, -0.2) is 4.79 Å². The molecule has 96 valence electrons. The molecule has 0 atom stereocenters. The summed E-state index contributed by atoms with van der Waals surface area (Å²) in [5.74, 6) is -0.735. The topological polar surface area (TPSA) is 58.9 Å². The Kier molecular flexibility index (Phi) is 5.39. The van der Waals surface area contributed by atoms with E-state index in [9.17, 15) is 9.90 Å². The molecule has 0 aliphatic carbocycles. The Morgan fingerprint density at radius 3 is 2.56 bits per heavy atom. The molecule has 1 aromatic carbocycles. The lowest BCUT2D eigenvalue weighted by atomic mass is 10.2. The molecule has 0 amide bonds. The van der Waals surface area contributed by atoms with Gasteiger partial charge in [-0.2, -0.15) is 0 Å². The summed E-state index contributed by atoms with van der Waals surface area (Å²) >= 11 is 5.74. The van der Waals surface area contributed by atoms with Crippen molar-refractivity contribution in [3.8, 4) is 0 Å². The Balaban J connectivity index is 2.88. The molecule has 5 heteroatoms. The number of allylic oxidation sites excluding steroid dienone is 1. The average molecular weight is 268 g/mol. The number of esters is 1. The highest BCUT2D eigenvalue weighted by atomic mass is 35.5. The van der Waals surface area contributed by atoms with Crippen molar-refractivity contribution in [2.75, 3.05) is 6.61 Å². The van der Waals surface area contributed by atoms with E-state index in [1.165, 1.54) is 13.1 Å². The van der Waals surface area contributed by atoms with E-state index in [1.54, 1.807) is 31.2 Å². The fraction of sp³-hybridized carbons (Fsp3) is 0.231. The maximum absolute atomic E-state index is 11.5. The van der Waals surface area contributed by atoms with Crippen molar-refractivity contribution in [2.45, 2.75) is 13.8 Å². The summed E-state index contributed by atoms with van der Waals surface area (Å²) in [6, 6.07) is 6.78. The molecule has 1 N–H and O–H groups in total. The summed E-state index contributed by atoms with van der Waals surface area (Å²) < 4.78 is 4.80. The summed E-state index contributed by atoms with van der Waals surface area (Å²) in [6.45, 7) is 3.34. The third kappa shape index (κ3) is 4.22. The number of carbonyl (C=O) groups excluding carboxylic acids is 1. The Morgan fingerprint density at radius 1 is 1.44 bits per heavy atom. The van der Waals surface area contributed by atoms with E-state index in [-0.39, 0.29) is 17.9 Å². The van der Waals surface area contributed by atoms with Gasteiger partial charge in [-0.1, -0.05) is 11.6 Å². The largest absolute Gasteiger partial charge is 0.512 e. The summed E-state index contributed by atoms with van der Waals surface area (Å²) in [4.78, 5) is 15.6. The van der Waals surface area contributed by atoms with Crippen molar-refractivity contribution in [3.63, 3.8) is 0 Å². The van der Waals surface area contributed by atoms with Crippen LogP contribution in [0.5, 0.6) is 0 Å². The van der Waals surface area contributed by atoms with Crippen LogP contribution in [0.4, 0.5) is 5.69 Å². The number of aliphatic imine (C=N–C) groups is 1. The normalized spacial score (nSPS) is 12.4. The first-order chi connectivity index (χ1) is 8.54. The molecule has 0 saturated heterocycles. The van der Waals surface area contributed by atoms with Crippen LogP contribution >= 0.6 is 11.6 Å². The number of carbonyl (C=O) groups is 1. The Hall–Kier alpha value is -1.81. The molecule has 0 aromatic heterocycles. The van der Waals surface area contributed by atoms with E-state index >= 15 is 0 Å². The highest BCUT2D eigenvalue weighted by Gasteiger charge is 2.11. The molecule has 0 heterocycles. The molecule has 0 unspecified atom stereocenters. The first-order valence-electron chi connectivity index (χ1n) is 5.41.